The molecule has 2 rings (SSSR count). The molecule has 2 aromatic rings. The van der Waals surface area contributed by atoms with E-state index in [1.54, 1.807) is 0 Å². The van der Waals surface area contributed by atoms with Crippen molar-refractivity contribution in [3.8, 4) is 11.3 Å². The Hall–Kier alpha value is -1.89. The topological polar surface area (TPSA) is 3.88 Å². The van der Waals surface area contributed by atoms with E-state index in [1.807, 2.05) is 6.92 Å². The molecule has 18 heavy (non-hydrogen) atoms. The lowest BCUT2D eigenvalue weighted by Gasteiger charge is -2.06. The van der Waals surface area contributed by atoms with Gasteiger partial charge in [-0.25, -0.2) is 4.57 Å². The standard InChI is InChI=1S/C17H20N/c1-12(2)15-7-9-17(18(5)11-15)16-8-6-13(3)10-14(16)4/h6-11H,1H2,2-5H3/q+1. The Labute approximate surface area is 109 Å². The van der Waals surface area contributed by atoms with Gasteiger partial charge in [0.05, 0.1) is 0 Å². The Bertz CT molecular complexity index is 609. The summed E-state index contributed by atoms with van der Waals surface area (Å²) in [6.45, 7) is 10.3. The van der Waals surface area contributed by atoms with Crippen LogP contribution in [-0.4, -0.2) is 0 Å². The fourth-order valence-corrected chi connectivity index (χ4v) is 2.24. The van der Waals surface area contributed by atoms with Gasteiger partial charge >= 0.3 is 0 Å². The van der Waals surface area contributed by atoms with E-state index >= 15 is 0 Å². The summed E-state index contributed by atoms with van der Waals surface area (Å²) in [5.74, 6) is 0. The number of pyridine rings is 1. The SMILES string of the molecule is C=C(C)c1ccc(-c2ccc(C)cc2C)[n+](C)c1. The van der Waals surface area contributed by atoms with Crippen molar-refractivity contribution in [3.63, 3.8) is 0 Å². The molecule has 0 radical (unpaired) electrons. The normalized spacial score (nSPS) is 10.4. The van der Waals surface area contributed by atoms with Crippen molar-refractivity contribution < 1.29 is 4.57 Å². The average molecular weight is 238 g/mol. The summed E-state index contributed by atoms with van der Waals surface area (Å²) in [7, 11) is 2.08. The molecule has 1 nitrogen and oxygen atoms in total. The molecule has 0 fully saturated rings. The van der Waals surface area contributed by atoms with Crippen molar-refractivity contribution in [3.05, 3.63) is 59.8 Å². The summed E-state index contributed by atoms with van der Waals surface area (Å²) in [5.41, 5.74) is 7.42. The number of aryl methyl sites for hydroxylation is 3. The van der Waals surface area contributed by atoms with Crippen molar-refractivity contribution in [2.24, 2.45) is 7.05 Å². The summed E-state index contributed by atoms with van der Waals surface area (Å²) >= 11 is 0. The van der Waals surface area contributed by atoms with Gasteiger partial charge in [-0.15, -0.1) is 0 Å². The maximum absolute atomic E-state index is 3.98. The lowest BCUT2D eigenvalue weighted by atomic mass is 10.0. The van der Waals surface area contributed by atoms with Gasteiger partial charge in [-0.1, -0.05) is 24.3 Å². The van der Waals surface area contributed by atoms with Crippen molar-refractivity contribution in [1.82, 2.24) is 0 Å². The number of allylic oxidation sites excluding steroid dienone is 1. The van der Waals surface area contributed by atoms with Crippen LogP contribution in [0.2, 0.25) is 0 Å². The van der Waals surface area contributed by atoms with Crippen LogP contribution in [0.1, 0.15) is 23.6 Å². The zero-order valence-electron chi connectivity index (χ0n) is 11.6. The number of aromatic nitrogens is 1. The summed E-state index contributed by atoms with van der Waals surface area (Å²) in [6, 6.07) is 10.9. The third kappa shape index (κ3) is 2.35. The van der Waals surface area contributed by atoms with E-state index in [9.17, 15) is 0 Å². The molecule has 0 bridgehead atoms. The molecule has 0 aliphatic carbocycles. The maximum atomic E-state index is 3.98. The number of hydrogen-bond donors (Lipinski definition) is 0. The zero-order valence-corrected chi connectivity index (χ0v) is 11.6. The molecule has 1 aromatic carbocycles. The largest absolute Gasteiger partial charge is 0.212 e. The third-order valence-electron chi connectivity index (χ3n) is 3.28. The summed E-state index contributed by atoms with van der Waals surface area (Å²) in [4.78, 5) is 0. The van der Waals surface area contributed by atoms with Crippen molar-refractivity contribution >= 4 is 5.57 Å². The van der Waals surface area contributed by atoms with E-state index < -0.39 is 0 Å². The van der Waals surface area contributed by atoms with Crippen LogP contribution in [0.3, 0.4) is 0 Å². The van der Waals surface area contributed by atoms with Crippen molar-refractivity contribution in [1.29, 1.82) is 0 Å². The molecule has 0 saturated heterocycles. The highest BCUT2D eigenvalue weighted by Gasteiger charge is 2.13. The quantitative estimate of drug-likeness (QED) is 0.700. The van der Waals surface area contributed by atoms with E-state index in [2.05, 4.69) is 68.6 Å². The second kappa shape index (κ2) is 4.77. The minimum absolute atomic E-state index is 1.10. The molecular formula is C17H20N+. The predicted octanol–water partition coefficient (Wildman–Crippen LogP) is 3.83. The molecule has 92 valence electrons. The van der Waals surface area contributed by atoms with E-state index in [4.69, 9.17) is 0 Å². The molecule has 0 amide bonds. The first-order valence-electron chi connectivity index (χ1n) is 6.22. The highest BCUT2D eigenvalue weighted by Crippen LogP contribution is 2.22. The van der Waals surface area contributed by atoms with Crippen molar-refractivity contribution in [2.45, 2.75) is 20.8 Å². The van der Waals surface area contributed by atoms with Gasteiger partial charge < -0.3 is 0 Å². The summed E-state index contributed by atoms with van der Waals surface area (Å²) in [5, 5.41) is 0. The number of benzene rings is 1. The molecule has 0 aliphatic heterocycles. The number of nitrogens with zero attached hydrogens (tertiary/aromatic N) is 1. The van der Waals surface area contributed by atoms with Gasteiger partial charge in [0.2, 0.25) is 5.69 Å². The smallest absolute Gasteiger partial charge is 0.200 e. The molecule has 1 heterocycles. The monoisotopic (exact) mass is 238 g/mol. The van der Waals surface area contributed by atoms with Gasteiger partial charge in [-0.05, 0) is 44.0 Å². The Morgan fingerprint density at radius 3 is 2.39 bits per heavy atom. The van der Waals surface area contributed by atoms with Crippen LogP contribution < -0.4 is 4.57 Å². The van der Waals surface area contributed by atoms with Crippen LogP contribution in [-0.2, 0) is 7.05 Å². The Kier molecular flexibility index (Phi) is 3.33. The summed E-state index contributed by atoms with van der Waals surface area (Å²) in [6.07, 6.45) is 2.14. The predicted molar refractivity (Wildman–Crippen MR) is 77.2 cm³/mol. The van der Waals surface area contributed by atoms with E-state index in [-0.39, 0.29) is 0 Å². The Morgan fingerprint density at radius 2 is 1.83 bits per heavy atom. The first kappa shape index (κ1) is 12.6. The Morgan fingerprint density at radius 1 is 1.11 bits per heavy atom. The van der Waals surface area contributed by atoms with Crippen LogP contribution >= 0.6 is 0 Å². The van der Waals surface area contributed by atoms with Gasteiger partial charge in [0.15, 0.2) is 6.20 Å². The minimum atomic E-state index is 1.10. The molecular weight excluding hydrogens is 218 g/mol. The lowest BCUT2D eigenvalue weighted by Crippen LogP contribution is -2.31. The molecule has 0 saturated carbocycles. The van der Waals surface area contributed by atoms with E-state index in [0.717, 1.165) is 5.57 Å². The van der Waals surface area contributed by atoms with Crippen LogP contribution in [0, 0.1) is 13.8 Å². The molecule has 0 N–H and O–H groups in total. The first-order valence-corrected chi connectivity index (χ1v) is 6.22. The van der Waals surface area contributed by atoms with Gasteiger partial charge in [-0.3, -0.25) is 0 Å². The first-order chi connectivity index (χ1) is 8.49. The van der Waals surface area contributed by atoms with Crippen molar-refractivity contribution in [2.75, 3.05) is 0 Å². The molecule has 0 spiro atoms. The molecule has 0 atom stereocenters. The second-order valence-corrected chi connectivity index (χ2v) is 5.01. The highest BCUT2D eigenvalue weighted by atomic mass is 14.9. The average Bonchev–Trinajstić information content (AvgIpc) is 2.30. The minimum Gasteiger partial charge on any atom is -0.200 e. The fourth-order valence-electron chi connectivity index (χ4n) is 2.24. The number of rotatable bonds is 2. The molecule has 1 aromatic heterocycles. The molecule has 1 heteroatoms. The highest BCUT2D eigenvalue weighted by molar-refractivity contribution is 5.65. The Balaban J connectivity index is 2.54. The van der Waals surface area contributed by atoms with Gasteiger partial charge in [0, 0.05) is 17.2 Å². The lowest BCUT2D eigenvalue weighted by molar-refractivity contribution is -0.660. The van der Waals surface area contributed by atoms with Crippen LogP contribution in [0.4, 0.5) is 0 Å². The molecule has 0 unspecified atom stereocenters. The summed E-state index contributed by atoms with van der Waals surface area (Å²) < 4.78 is 2.17. The van der Waals surface area contributed by atoms with E-state index in [1.165, 1.54) is 27.9 Å². The van der Waals surface area contributed by atoms with Crippen LogP contribution in [0.5, 0.6) is 0 Å². The fraction of sp³-hybridized carbons (Fsp3) is 0.235. The number of hydrogen-bond acceptors (Lipinski definition) is 0. The maximum Gasteiger partial charge on any atom is 0.212 e. The third-order valence-corrected chi connectivity index (χ3v) is 3.28. The van der Waals surface area contributed by atoms with Gasteiger partial charge in [-0.2, -0.15) is 0 Å². The van der Waals surface area contributed by atoms with E-state index in [0.29, 0.717) is 0 Å². The van der Waals surface area contributed by atoms with Crippen LogP contribution in [0.25, 0.3) is 16.8 Å². The van der Waals surface area contributed by atoms with Gasteiger partial charge in [0.1, 0.15) is 7.05 Å². The molecule has 0 aliphatic rings. The van der Waals surface area contributed by atoms with Gasteiger partial charge in [0.25, 0.3) is 0 Å². The second-order valence-electron chi connectivity index (χ2n) is 5.01. The zero-order chi connectivity index (χ0) is 13.3. The van der Waals surface area contributed by atoms with Crippen LogP contribution in [0.15, 0.2) is 43.1 Å².